The summed E-state index contributed by atoms with van der Waals surface area (Å²) in [6.45, 7) is 0. The lowest BCUT2D eigenvalue weighted by molar-refractivity contribution is 0.668. The molecule has 6 heteroatoms. The molecule has 0 aliphatic rings. The van der Waals surface area contributed by atoms with E-state index < -0.39 is 30.2 Å². The molecule has 4 heterocycles. The summed E-state index contributed by atoms with van der Waals surface area (Å²) in [5.41, 5.74) is 7.08. The Hall–Kier alpha value is -7.05. The van der Waals surface area contributed by atoms with Gasteiger partial charge in [0.15, 0.2) is 17.5 Å². The summed E-state index contributed by atoms with van der Waals surface area (Å²) in [5.74, 6) is 0.487. The molecular formula is C45H26N4O2. The molecule has 0 atom stereocenters. The molecule has 6 nitrogen and oxygen atoms in total. The van der Waals surface area contributed by atoms with E-state index in [9.17, 15) is 0 Å². The first-order chi connectivity index (χ1) is 27.3. The minimum absolute atomic E-state index is 0.0419. The number of nitrogens with zero attached hydrogens (tertiary/aromatic N) is 4. The molecule has 0 saturated carbocycles. The smallest absolute Gasteiger partial charge is 0.164 e. The maximum Gasteiger partial charge on any atom is 0.164 e. The molecule has 0 aliphatic carbocycles. The molecule has 51 heavy (non-hydrogen) atoms. The van der Waals surface area contributed by atoms with Gasteiger partial charge in [0.2, 0.25) is 0 Å². The van der Waals surface area contributed by atoms with Crippen LogP contribution in [0, 0.1) is 0 Å². The van der Waals surface area contributed by atoms with E-state index >= 15 is 0 Å². The Balaban J connectivity index is 1.12. The van der Waals surface area contributed by atoms with Gasteiger partial charge in [-0.25, -0.2) is 15.0 Å². The van der Waals surface area contributed by atoms with Crippen molar-refractivity contribution in [3.63, 3.8) is 0 Å². The number of benzene rings is 7. The summed E-state index contributed by atoms with van der Waals surface area (Å²) in [4.78, 5) is 14.6. The number of hydrogen-bond donors (Lipinski definition) is 0. The quantitative estimate of drug-likeness (QED) is 0.188. The average molecular weight is 660 g/mol. The van der Waals surface area contributed by atoms with Crippen LogP contribution >= 0.6 is 0 Å². The second-order valence-electron chi connectivity index (χ2n) is 12.4. The first-order valence-corrected chi connectivity index (χ1v) is 16.5. The van der Waals surface area contributed by atoms with Gasteiger partial charge in [0.05, 0.1) is 17.9 Å². The molecule has 0 N–H and O–H groups in total. The zero-order chi connectivity index (χ0) is 37.8. The summed E-state index contributed by atoms with van der Waals surface area (Å²) in [5, 5.41) is 5.77. The van der Waals surface area contributed by atoms with Gasteiger partial charge in [-0.2, -0.15) is 0 Å². The molecule has 4 aromatic heterocycles. The molecular weight excluding hydrogens is 629 g/mol. The maximum atomic E-state index is 8.77. The second-order valence-corrected chi connectivity index (χ2v) is 12.4. The normalized spacial score (nSPS) is 13.3. The summed E-state index contributed by atoms with van der Waals surface area (Å²) in [6.07, 6.45) is 0. The molecule has 0 fully saturated rings. The number of para-hydroxylation sites is 3. The lowest BCUT2D eigenvalue weighted by Crippen LogP contribution is -2.00. The zero-order valence-corrected chi connectivity index (χ0v) is 26.7. The molecule has 0 amide bonds. The van der Waals surface area contributed by atoms with Gasteiger partial charge in [-0.3, -0.25) is 0 Å². The molecule has 0 aliphatic heterocycles. The van der Waals surface area contributed by atoms with Gasteiger partial charge < -0.3 is 13.4 Å². The van der Waals surface area contributed by atoms with Crippen molar-refractivity contribution in [3.05, 3.63) is 158 Å². The molecule has 0 spiro atoms. The number of rotatable bonds is 4. The minimum atomic E-state index is -0.494. The van der Waals surface area contributed by atoms with Crippen LogP contribution in [0.2, 0.25) is 0 Å². The fraction of sp³-hybridized carbons (Fsp3) is 0. The Bertz CT molecular complexity index is 3380. The highest BCUT2D eigenvalue weighted by atomic mass is 16.3. The van der Waals surface area contributed by atoms with E-state index in [-0.39, 0.29) is 23.0 Å². The highest BCUT2D eigenvalue weighted by Crippen LogP contribution is 2.39. The van der Waals surface area contributed by atoms with Crippen molar-refractivity contribution >= 4 is 65.7 Å². The van der Waals surface area contributed by atoms with Gasteiger partial charge in [-0.15, -0.1) is 0 Å². The van der Waals surface area contributed by atoms with Crippen LogP contribution in [0.15, 0.2) is 166 Å². The monoisotopic (exact) mass is 659 g/mol. The predicted octanol–water partition coefficient (Wildman–Crippen LogP) is 11.8. The molecule has 238 valence electrons. The van der Waals surface area contributed by atoms with Gasteiger partial charge in [0.1, 0.15) is 22.3 Å². The molecule has 11 rings (SSSR count). The molecule has 0 bridgehead atoms. The molecule has 11 aromatic rings. The zero-order valence-electron chi connectivity index (χ0n) is 31.7. The summed E-state index contributed by atoms with van der Waals surface area (Å²) >= 11 is 0. The van der Waals surface area contributed by atoms with Crippen molar-refractivity contribution in [1.82, 2.24) is 19.5 Å². The highest BCUT2D eigenvalue weighted by molar-refractivity contribution is 6.12. The molecule has 0 saturated heterocycles. The van der Waals surface area contributed by atoms with E-state index in [2.05, 4.69) is 59.2 Å². The van der Waals surface area contributed by atoms with Crippen molar-refractivity contribution in [2.75, 3.05) is 0 Å². The van der Waals surface area contributed by atoms with E-state index in [1.807, 2.05) is 72.8 Å². The van der Waals surface area contributed by atoms with Crippen LogP contribution in [0.4, 0.5) is 0 Å². The third-order valence-corrected chi connectivity index (χ3v) is 9.55. The Morgan fingerprint density at radius 3 is 1.90 bits per heavy atom. The standard InChI is InChI=1S/C45H26N4O2/c1-2-11-27(12-3-1)43-46-44(48-45(47-43)34-16-10-20-40-42(34)33-15-6-9-19-38(33)50-40)28-21-24-39-35(25-28)32-23-22-29(26-41(32)51-39)49-36-17-7-4-13-30(36)31-14-5-8-18-37(31)49/h1-26H/i1D,2D,3D,11D,12D. The Morgan fingerprint density at radius 1 is 0.451 bits per heavy atom. The van der Waals surface area contributed by atoms with Gasteiger partial charge in [-0.05, 0) is 54.6 Å². The fourth-order valence-electron chi connectivity index (χ4n) is 7.30. The molecule has 0 unspecified atom stereocenters. The average Bonchev–Trinajstić information content (AvgIpc) is 3.91. The van der Waals surface area contributed by atoms with Crippen molar-refractivity contribution in [2.45, 2.75) is 0 Å². The van der Waals surface area contributed by atoms with Crippen LogP contribution in [0.25, 0.3) is 106 Å². The number of fused-ring (bicyclic) bond motifs is 9. The number of aromatic nitrogens is 4. The highest BCUT2D eigenvalue weighted by Gasteiger charge is 2.19. The summed E-state index contributed by atoms with van der Waals surface area (Å²) in [6, 6.07) is 39.7. The van der Waals surface area contributed by atoms with Gasteiger partial charge in [-0.1, -0.05) is 96.9 Å². The topological polar surface area (TPSA) is 69.9 Å². The third-order valence-electron chi connectivity index (χ3n) is 9.55. The SMILES string of the molecule is [2H]c1c([2H])c([2H])c(-c2nc(-c3ccc4oc5cc(-n6c7ccccc7c7ccccc76)ccc5c4c3)nc(-c3cccc4oc5ccccc5c34)n2)c([2H])c1[2H]. The third kappa shape index (κ3) is 4.26. The van der Waals surface area contributed by atoms with Crippen LogP contribution in [0.1, 0.15) is 6.85 Å². The van der Waals surface area contributed by atoms with Gasteiger partial charge >= 0.3 is 0 Å². The lowest BCUT2D eigenvalue weighted by atomic mass is 10.0. The number of furan rings is 2. The molecule has 0 radical (unpaired) electrons. The number of hydrogen-bond acceptors (Lipinski definition) is 5. The minimum Gasteiger partial charge on any atom is -0.456 e. The van der Waals surface area contributed by atoms with E-state index in [0.29, 0.717) is 33.5 Å². The van der Waals surface area contributed by atoms with Crippen molar-refractivity contribution in [2.24, 2.45) is 0 Å². The second kappa shape index (κ2) is 10.7. The van der Waals surface area contributed by atoms with Crippen LogP contribution in [0.5, 0.6) is 0 Å². The first kappa shape index (κ1) is 23.3. The van der Waals surface area contributed by atoms with E-state index in [4.69, 9.17) is 30.6 Å². The fourth-order valence-corrected chi connectivity index (χ4v) is 7.30. The van der Waals surface area contributed by atoms with E-state index in [1.165, 1.54) is 10.8 Å². The van der Waals surface area contributed by atoms with Crippen molar-refractivity contribution < 1.29 is 15.7 Å². The summed E-state index contributed by atoms with van der Waals surface area (Å²) in [7, 11) is 0. The van der Waals surface area contributed by atoms with Gasteiger partial charge in [0.25, 0.3) is 0 Å². The van der Waals surface area contributed by atoms with Crippen LogP contribution in [-0.4, -0.2) is 19.5 Å². The molecule has 7 aromatic carbocycles. The Morgan fingerprint density at radius 2 is 1.10 bits per heavy atom. The van der Waals surface area contributed by atoms with E-state index in [1.54, 1.807) is 0 Å². The lowest BCUT2D eigenvalue weighted by Gasteiger charge is -2.09. The van der Waals surface area contributed by atoms with Crippen LogP contribution in [-0.2, 0) is 0 Å². The predicted molar refractivity (Wildman–Crippen MR) is 205 cm³/mol. The largest absolute Gasteiger partial charge is 0.456 e. The van der Waals surface area contributed by atoms with Crippen molar-refractivity contribution in [1.29, 1.82) is 0 Å². The Labute approximate surface area is 297 Å². The Kier molecular flexibility index (Phi) is 4.91. The summed E-state index contributed by atoms with van der Waals surface area (Å²) < 4.78 is 57.4. The van der Waals surface area contributed by atoms with Crippen LogP contribution < -0.4 is 0 Å². The van der Waals surface area contributed by atoms with Gasteiger partial charge in [0, 0.05) is 60.8 Å². The maximum absolute atomic E-state index is 8.77. The van der Waals surface area contributed by atoms with Crippen molar-refractivity contribution in [3.8, 4) is 39.9 Å². The first-order valence-electron chi connectivity index (χ1n) is 19.0. The van der Waals surface area contributed by atoms with E-state index in [0.717, 1.165) is 38.3 Å². The van der Waals surface area contributed by atoms with Crippen LogP contribution in [0.3, 0.4) is 0 Å².